The average Bonchev–Trinajstić information content (AvgIpc) is 2.09. The highest BCUT2D eigenvalue weighted by atomic mass is 16.4. The molecular weight excluding hydrogens is 178 g/mol. The zero-order valence-electron chi connectivity index (χ0n) is 8.76. The van der Waals surface area contributed by atoms with Gasteiger partial charge < -0.3 is 15.6 Å². The zero-order valence-corrected chi connectivity index (χ0v) is 8.76. The second kappa shape index (κ2) is 3.42. The van der Waals surface area contributed by atoms with Crippen molar-refractivity contribution in [3.05, 3.63) is 34.9 Å². The van der Waals surface area contributed by atoms with E-state index in [-0.39, 0.29) is 0 Å². The van der Waals surface area contributed by atoms with Gasteiger partial charge in [0.2, 0.25) is 0 Å². The van der Waals surface area contributed by atoms with Crippen LogP contribution in [0.3, 0.4) is 0 Å². The molecule has 0 fully saturated rings. The Morgan fingerprint density at radius 3 is 2.36 bits per heavy atom. The molecule has 0 bridgehead atoms. The summed E-state index contributed by atoms with van der Waals surface area (Å²) in [4.78, 5) is 10.8. The molecule has 1 aromatic carbocycles. The van der Waals surface area contributed by atoms with Crippen LogP contribution in [0.5, 0.6) is 0 Å². The van der Waals surface area contributed by atoms with Crippen LogP contribution in [0, 0.1) is 13.8 Å². The van der Waals surface area contributed by atoms with E-state index in [9.17, 15) is 9.90 Å². The maximum absolute atomic E-state index is 10.8. The Bertz CT molecular complexity index is 370. The summed E-state index contributed by atoms with van der Waals surface area (Å²) in [7, 11) is 0. The zero-order chi connectivity index (χ0) is 10.9. The van der Waals surface area contributed by atoms with Gasteiger partial charge in [0.05, 0.1) is 0 Å². The van der Waals surface area contributed by atoms with Crippen LogP contribution in [-0.4, -0.2) is 5.97 Å². The Balaban J connectivity index is 3.21. The van der Waals surface area contributed by atoms with Crippen LogP contribution >= 0.6 is 0 Å². The summed E-state index contributed by atoms with van der Waals surface area (Å²) in [5, 5.41) is 10.8. The SMILES string of the molecule is Cc1ccc([C@](C)([NH3+])C(=O)[O-])cc1C. The van der Waals surface area contributed by atoms with E-state index in [1.165, 1.54) is 0 Å². The van der Waals surface area contributed by atoms with E-state index < -0.39 is 11.5 Å². The molecule has 3 heteroatoms. The van der Waals surface area contributed by atoms with E-state index in [1.807, 2.05) is 26.0 Å². The van der Waals surface area contributed by atoms with Crippen molar-refractivity contribution in [3.8, 4) is 0 Å². The maximum Gasteiger partial charge on any atom is 0.157 e. The third-order valence-corrected chi connectivity index (χ3v) is 2.59. The first-order chi connectivity index (χ1) is 6.35. The molecule has 0 radical (unpaired) electrons. The lowest BCUT2D eigenvalue weighted by atomic mass is 9.91. The molecule has 0 saturated carbocycles. The van der Waals surface area contributed by atoms with Gasteiger partial charge in [-0.15, -0.1) is 0 Å². The molecule has 0 aliphatic carbocycles. The van der Waals surface area contributed by atoms with Crippen LogP contribution in [0.1, 0.15) is 23.6 Å². The Labute approximate surface area is 83.6 Å². The lowest BCUT2D eigenvalue weighted by Crippen LogP contribution is -2.75. The largest absolute Gasteiger partial charge is 0.543 e. The minimum Gasteiger partial charge on any atom is -0.543 e. The topological polar surface area (TPSA) is 67.8 Å². The van der Waals surface area contributed by atoms with Gasteiger partial charge in [-0.2, -0.15) is 0 Å². The quantitative estimate of drug-likeness (QED) is 0.688. The minimum atomic E-state index is -1.17. The number of rotatable bonds is 2. The summed E-state index contributed by atoms with van der Waals surface area (Å²) in [6, 6.07) is 5.53. The number of aryl methyl sites for hydroxylation is 2. The number of carbonyl (C=O) groups is 1. The molecule has 1 rings (SSSR count). The Morgan fingerprint density at radius 1 is 1.36 bits per heavy atom. The van der Waals surface area contributed by atoms with E-state index in [4.69, 9.17) is 0 Å². The number of carboxylic acids is 1. The normalized spacial score (nSPS) is 14.9. The molecule has 0 saturated heterocycles. The fraction of sp³-hybridized carbons (Fsp3) is 0.364. The lowest BCUT2D eigenvalue weighted by molar-refractivity contribution is -0.489. The number of benzene rings is 1. The van der Waals surface area contributed by atoms with Crippen LogP contribution in [-0.2, 0) is 10.3 Å². The standard InChI is InChI=1S/C11H15NO2/c1-7-4-5-9(6-8(7)2)11(3,12)10(13)14/h4-6H,12H2,1-3H3,(H,13,14)/t11-/m0/s1. The summed E-state index contributed by atoms with van der Waals surface area (Å²) in [6.45, 7) is 5.48. The van der Waals surface area contributed by atoms with Gasteiger partial charge in [-0.05, 0) is 31.0 Å². The van der Waals surface area contributed by atoms with Crippen LogP contribution in [0.4, 0.5) is 0 Å². The minimum absolute atomic E-state index is 0.681. The molecule has 0 aromatic heterocycles. The number of hydrogen-bond acceptors (Lipinski definition) is 2. The van der Waals surface area contributed by atoms with Crippen molar-refractivity contribution >= 4 is 5.97 Å². The maximum atomic E-state index is 10.8. The highest BCUT2D eigenvalue weighted by Crippen LogP contribution is 2.18. The van der Waals surface area contributed by atoms with E-state index in [2.05, 4.69) is 5.73 Å². The molecule has 1 atom stereocenters. The van der Waals surface area contributed by atoms with Crippen LogP contribution in [0.2, 0.25) is 0 Å². The molecule has 0 unspecified atom stereocenters. The van der Waals surface area contributed by atoms with E-state index in [1.54, 1.807) is 13.0 Å². The molecular formula is C11H15NO2. The molecule has 14 heavy (non-hydrogen) atoms. The van der Waals surface area contributed by atoms with Gasteiger partial charge in [-0.25, -0.2) is 0 Å². The van der Waals surface area contributed by atoms with E-state index in [0.29, 0.717) is 5.56 Å². The van der Waals surface area contributed by atoms with Gasteiger partial charge in [0.25, 0.3) is 0 Å². The smallest absolute Gasteiger partial charge is 0.157 e. The first kappa shape index (κ1) is 10.7. The second-order valence-corrected chi connectivity index (χ2v) is 3.92. The second-order valence-electron chi connectivity index (χ2n) is 3.92. The highest BCUT2D eigenvalue weighted by Gasteiger charge is 2.27. The summed E-state index contributed by atoms with van der Waals surface area (Å²) in [5.41, 5.74) is 5.37. The number of carbonyl (C=O) groups excluding carboxylic acids is 1. The van der Waals surface area contributed by atoms with Gasteiger partial charge in [-0.1, -0.05) is 12.1 Å². The Morgan fingerprint density at radius 2 is 1.93 bits per heavy atom. The van der Waals surface area contributed by atoms with E-state index >= 15 is 0 Å². The van der Waals surface area contributed by atoms with Crippen molar-refractivity contribution in [3.63, 3.8) is 0 Å². The summed E-state index contributed by atoms with van der Waals surface area (Å²) in [5.74, 6) is -1.15. The summed E-state index contributed by atoms with van der Waals surface area (Å²) < 4.78 is 0. The van der Waals surface area contributed by atoms with Crippen molar-refractivity contribution in [2.75, 3.05) is 0 Å². The fourth-order valence-corrected chi connectivity index (χ4v) is 1.20. The van der Waals surface area contributed by atoms with Crippen molar-refractivity contribution in [2.45, 2.75) is 26.3 Å². The van der Waals surface area contributed by atoms with E-state index in [0.717, 1.165) is 11.1 Å². The predicted octanol–water partition coefficient (Wildman–Crippen LogP) is -0.490. The molecule has 76 valence electrons. The molecule has 3 N–H and O–H groups in total. The number of aliphatic carboxylic acids is 1. The first-order valence-electron chi connectivity index (χ1n) is 4.50. The van der Waals surface area contributed by atoms with Crippen LogP contribution in [0.15, 0.2) is 18.2 Å². The third-order valence-electron chi connectivity index (χ3n) is 2.59. The van der Waals surface area contributed by atoms with Gasteiger partial charge >= 0.3 is 0 Å². The van der Waals surface area contributed by atoms with Crippen molar-refractivity contribution in [1.82, 2.24) is 0 Å². The monoisotopic (exact) mass is 193 g/mol. The van der Waals surface area contributed by atoms with Gasteiger partial charge in [0.15, 0.2) is 5.54 Å². The number of hydrogen-bond donors (Lipinski definition) is 1. The molecule has 0 aliphatic heterocycles. The summed E-state index contributed by atoms with van der Waals surface area (Å²) >= 11 is 0. The van der Waals surface area contributed by atoms with Crippen LogP contribution in [0.25, 0.3) is 0 Å². The van der Waals surface area contributed by atoms with Crippen molar-refractivity contribution in [1.29, 1.82) is 0 Å². The van der Waals surface area contributed by atoms with Gasteiger partial charge in [-0.3, -0.25) is 0 Å². The average molecular weight is 193 g/mol. The number of quaternary nitrogens is 1. The molecule has 3 nitrogen and oxygen atoms in total. The molecule has 0 aliphatic rings. The lowest BCUT2D eigenvalue weighted by Gasteiger charge is -2.23. The first-order valence-corrected chi connectivity index (χ1v) is 4.50. The molecule has 1 aromatic rings. The Kier molecular flexibility index (Phi) is 2.62. The van der Waals surface area contributed by atoms with Crippen molar-refractivity contribution in [2.24, 2.45) is 0 Å². The number of carboxylic acid groups (broad SMARTS) is 1. The Hall–Kier alpha value is -1.35. The fourth-order valence-electron chi connectivity index (χ4n) is 1.20. The summed E-state index contributed by atoms with van der Waals surface area (Å²) in [6.07, 6.45) is 0. The molecule has 0 heterocycles. The molecule has 0 amide bonds. The molecule has 0 spiro atoms. The van der Waals surface area contributed by atoms with Crippen molar-refractivity contribution < 1.29 is 15.6 Å². The van der Waals surface area contributed by atoms with Gasteiger partial charge in [0.1, 0.15) is 5.97 Å². The highest BCUT2D eigenvalue weighted by molar-refractivity contribution is 5.76. The van der Waals surface area contributed by atoms with Crippen LogP contribution < -0.4 is 10.8 Å². The predicted molar refractivity (Wildman–Crippen MR) is 51.2 cm³/mol. The van der Waals surface area contributed by atoms with Gasteiger partial charge in [0, 0.05) is 12.5 Å². The third kappa shape index (κ3) is 1.77.